The summed E-state index contributed by atoms with van der Waals surface area (Å²) < 4.78 is 13.4. The van der Waals surface area contributed by atoms with Crippen LogP contribution in [-0.2, 0) is 9.47 Å². The fraction of sp³-hybridized carbons (Fsp3) is 0.381. The Morgan fingerprint density at radius 3 is 2.62 bits per heavy atom. The van der Waals surface area contributed by atoms with Crippen molar-refractivity contribution in [2.75, 3.05) is 5.32 Å². The second kappa shape index (κ2) is 7.55. The van der Waals surface area contributed by atoms with Gasteiger partial charge < -0.3 is 14.8 Å². The van der Waals surface area contributed by atoms with Crippen LogP contribution in [0.1, 0.15) is 46.1 Å². The molecule has 1 N–H and O–H groups in total. The first kappa shape index (κ1) is 19.5. The average Bonchev–Trinajstić information content (AvgIpc) is 3.16. The lowest BCUT2D eigenvalue weighted by atomic mass is 9.88. The summed E-state index contributed by atoms with van der Waals surface area (Å²) >= 11 is 6.53. The highest BCUT2D eigenvalue weighted by Gasteiger charge is 2.27. The van der Waals surface area contributed by atoms with Gasteiger partial charge in [0.25, 0.3) is 5.78 Å². The zero-order valence-electron chi connectivity index (χ0n) is 16.9. The Hall–Kier alpha value is -2.80. The molecular formula is C21H24ClN5O2. The molecule has 1 aliphatic heterocycles. The van der Waals surface area contributed by atoms with E-state index in [2.05, 4.69) is 54.2 Å². The van der Waals surface area contributed by atoms with Crippen molar-refractivity contribution >= 4 is 29.0 Å². The van der Waals surface area contributed by atoms with Crippen LogP contribution in [0.2, 0.25) is 5.15 Å². The van der Waals surface area contributed by atoms with Crippen molar-refractivity contribution in [3.63, 3.8) is 0 Å². The molecule has 0 bridgehead atoms. The number of allylic oxidation sites excluding steroid dienone is 4. The van der Waals surface area contributed by atoms with E-state index in [1.54, 1.807) is 17.0 Å². The van der Waals surface area contributed by atoms with Gasteiger partial charge in [-0.25, -0.2) is 0 Å². The van der Waals surface area contributed by atoms with Crippen LogP contribution in [0.15, 0.2) is 48.4 Å². The highest BCUT2D eigenvalue weighted by atomic mass is 35.5. The van der Waals surface area contributed by atoms with Crippen molar-refractivity contribution in [1.82, 2.24) is 19.6 Å². The monoisotopic (exact) mass is 413 g/mol. The van der Waals surface area contributed by atoms with Crippen molar-refractivity contribution in [3.05, 3.63) is 59.1 Å². The van der Waals surface area contributed by atoms with Gasteiger partial charge in [-0.2, -0.15) is 19.6 Å². The number of hydrogen-bond donors (Lipinski definition) is 1. The van der Waals surface area contributed by atoms with Crippen LogP contribution >= 0.6 is 11.6 Å². The molecule has 2 aliphatic rings. The highest BCUT2D eigenvalue weighted by Crippen LogP contribution is 2.36. The Morgan fingerprint density at radius 1 is 1.21 bits per heavy atom. The van der Waals surface area contributed by atoms with E-state index in [4.69, 9.17) is 21.1 Å². The third kappa shape index (κ3) is 3.87. The summed E-state index contributed by atoms with van der Waals surface area (Å²) in [5, 5.41) is 8.08. The van der Waals surface area contributed by atoms with Crippen molar-refractivity contribution in [2.45, 2.75) is 46.6 Å². The van der Waals surface area contributed by atoms with Gasteiger partial charge in [-0.1, -0.05) is 50.6 Å². The normalized spacial score (nSPS) is 17.8. The number of nitrogens with one attached hydrogen (secondary N) is 1. The second-order valence-corrected chi connectivity index (χ2v) is 8.55. The molecule has 152 valence electrons. The third-order valence-corrected chi connectivity index (χ3v) is 5.47. The summed E-state index contributed by atoms with van der Waals surface area (Å²) in [6.45, 7) is 8.58. The Balaban J connectivity index is 1.71. The number of halogens is 1. The van der Waals surface area contributed by atoms with Crippen LogP contribution in [0.4, 0.5) is 5.82 Å². The Labute approximate surface area is 174 Å². The molecule has 8 heteroatoms. The SMILES string of the molecule is CC(Nc1c(C2=COC(C3=CC=CCC3)=CO2)c(Cl)nc2ncnn12)C(C)(C)C. The molecule has 1 atom stereocenters. The van der Waals surface area contributed by atoms with E-state index in [9.17, 15) is 0 Å². The standard InChI is InChI=1S/C21H24ClN5O2/c1-13(21(2,3)4)25-19-17(18(22)26-20-23-12-24-27(19)20)16-11-28-15(10-29-16)14-8-6-5-7-9-14/h5-6,8,10-13,25H,7,9H2,1-4H3. The number of rotatable bonds is 4. The third-order valence-electron chi connectivity index (χ3n) is 5.20. The first-order valence-corrected chi connectivity index (χ1v) is 9.98. The molecular weight excluding hydrogens is 390 g/mol. The molecule has 3 heterocycles. The molecule has 2 aromatic rings. The number of nitrogens with zero attached hydrogens (tertiary/aromatic N) is 4. The molecule has 1 unspecified atom stereocenters. The second-order valence-electron chi connectivity index (χ2n) is 8.19. The smallest absolute Gasteiger partial charge is 0.255 e. The molecule has 4 rings (SSSR count). The Kier molecular flexibility index (Phi) is 5.08. The van der Waals surface area contributed by atoms with Gasteiger partial charge in [0.2, 0.25) is 0 Å². The van der Waals surface area contributed by atoms with Gasteiger partial charge in [-0.15, -0.1) is 0 Å². The summed E-state index contributed by atoms with van der Waals surface area (Å²) in [4.78, 5) is 8.52. The predicted molar refractivity (Wildman–Crippen MR) is 113 cm³/mol. The topological polar surface area (TPSA) is 73.6 Å². The molecule has 0 amide bonds. The molecule has 0 saturated heterocycles. The summed E-state index contributed by atoms with van der Waals surface area (Å²) in [5.41, 5.74) is 1.68. The summed E-state index contributed by atoms with van der Waals surface area (Å²) in [6, 6.07) is 0.113. The van der Waals surface area contributed by atoms with E-state index in [0.29, 0.717) is 28.7 Å². The largest absolute Gasteiger partial charge is 0.458 e. The van der Waals surface area contributed by atoms with Crippen LogP contribution in [0.25, 0.3) is 11.5 Å². The number of fused-ring (bicyclic) bond motifs is 1. The zero-order valence-corrected chi connectivity index (χ0v) is 17.7. The quantitative estimate of drug-likeness (QED) is 0.704. The van der Waals surface area contributed by atoms with Gasteiger partial charge in [0.1, 0.15) is 35.4 Å². The van der Waals surface area contributed by atoms with E-state index in [0.717, 1.165) is 18.4 Å². The molecule has 0 spiro atoms. The van der Waals surface area contributed by atoms with Crippen molar-refractivity contribution in [2.24, 2.45) is 5.41 Å². The molecule has 0 saturated carbocycles. The minimum absolute atomic E-state index is 0.00622. The Bertz CT molecular complexity index is 1060. The maximum absolute atomic E-state index is 6.53. The number of anilines is 1. The number of hydrogen-bond acceptors (Lipinski definition) is 6. The first-order chi connectivity index (χ1) is 13.8. The maximum Gasteiger partial charge on any atom is 0.255 e. The summed E-state index contributed by atoms with van der Waals surface area (Å²) in [6.07, 6.45) is 12.7. The lowest BCUT2D eigenvalue weighted by Gasteiger charge is -2.30. The van der Waals surface area contributed by atoms with Gasteiger partial charge in [-0.3, -0.25) is 0 Å². The molecule has 0 fully saturated rings. The minimum atomic E-state index is 0.00622. The van der Waals surface area contributed by atoms with Crippen LogP contribution in [0.3, 0.4) is 0 Å². The van der Waals surface area contributed by atoms with Gasteiger partial charge in [0.05, 0.1) is 0 Å². The molecule has 7 nitrogen and oxygen atoms in total. The minimum Gasteiger partial charge on any atom is -0.458 e. The van der Waals surface area contributed by atoms with Gasteiger partial charge in [-0.05, 0) is 30.8 Å². The number of aromatic nitrogens is 4. The molecule has 0 radical (unpaired) electrons. The molecule has 1 aliphatic carbocycles. The molecule has 29 heavy (non-hydrogen) atoms. The fourth-order valence-corrected chi connectivity index (χ4v) is 3.21. The van der Waals surface area contributed by atoms with E-state index in [1.165, 1.54) is 6.33 Å². The summed E-state index contributed by atoms with van der Waals surface area (Å²) in [5.74, 6) is 2.22. The molecule has 0 aromatic carbocycles. The lowest BCUT2D eigenvalue weighted by Crippen LogP contribution is -2.32. The van der Waals surface area contributed by atoms with Gasteiger partial charge >= 0.3 is 0 Å². The van der Waals surface area contributed by atoms with Crippen LogP contribution < -0.4 is 5.32 Å². The van der Waals surface area contributed by atoms with Crippen LogP contribution in [0.5, 0.6) is 0 Å². The van der Waals surface area contributed by atoms with Crippen molar-refractivity contribution in [1.29, 1.82) is 0 Å². The maximum atomic E-state index is 6.53. The van der Waals surface area contributed by atoms with Crippen molar-refractivity contribution < 1.29 is 9.47 Å². The Morgan fingerprint density at radius 2 is 1.97 bits per heavy atom. The van der Waals surface area contributed by atoms with Gasteiger partial charge in [0, 0.05) is 6.04 Å². The predicted octanol–water partition coefficient (Wildman–Crippen LogP) is 5.09. The van der Waals surface area contributed by atoms with Crippen molar-refractivity contribution in [3.8, 4) is 0 Å². The van der Waals surface area contributed by atoms with Gasteiger partial charge in [0.15, 0.2) is 11.5 Å². The first-order valence-electron chi connectivity index (χ1n) is 9.60. The van der Waals surface area contributed by atoms with Crippen LogP contribution in [0, 0.1) is 5.41 Å². The lowest BCUT2D eigenvalue weighted by molar-refractivity contribution is 0.280. The van der Waals surface area contributed by atoms with E-state index in [1.807, 2.05) is 12.2 Å². The van der Waals surface area contributed by atoms with E-state index < -0.39 is 0 Å². The fourth-order valence-electron chi connectivity index (χ4n) is 2.96. The van der Waals surface area contributed by atoms with E-state index in [-0.39, 0.29) is 16.6 Å². The summed E-state index contributed by atoms with van der Waals surface area (Å²) in [7, 11) is 0. The van der Waals surface area contributed by atoms with E-state index >= 15 is 0 Å². The molecule has 2 aromatic heterocycles. The zero-order chi connectivity index (χ0) is 20.6. The highest BCUT2D eigenvalue weighted by molar-refractivity contribution is 6.31. The van der Waals surface area contributed by atoms with Crippen LogP contribution in [-0.4, -0.2) is 25.6 Å². The average molecular weight is 414 g/mol. The number of ether oxygens (including phenoxy) is 2.